The van der Waals surface area contributed by atoms with Crippen molar-refractivity contribution >= 4 is 23.2 Å². The maximum absolute atomic E-state index is 13.0. The number of halogens is 1. The predicted octanol–water partition coefficient (Wildman–Crippen LogP) is 3.24. The number of carbonyl (C=O) groups excluding carboxylic acids is 1. The van der Waals surface area contributed by atoms with Gasteiger partial charge in [-0.05, 0) is 31.5 Å². The Kier molecular flexibility index (Phi) is 4.40. The van der Waals surface area contributed by atoms with Gasteiger partial charge in [0.25, 0.3) is 11.5 Å². The molecule has 0 atom stereocenters. The highest BCUT2D eigenvalue weighted by Crippen LogP contribution is 2.27. The molecular weight excluding hydrogens is 402 g/mol. The molecule has 30 heavy (non-hydrogen) atoms. The summed E-state index contributed by atoms with van der Waals surface area (Å²) in [5.74, 6) is -0.110. The minimum absolute atomic E-state index is 0.110. The lowest BCUT2D eigenvalue weighted by atomic mass is 10.1. The maximum atomic E-state index is 13.0. The van der Waals surface area contributed by atoms with E-state index in [1.807, 2.05) is 31.2 Å². The van der Waals surface area contributed by atoms with Gasteiger partial charge in [0, 0.05) is 40.7 Å². The van der Waals surface area contributed by atoms with Gasteiger partial charge in [-0.1, -0.05) is 29.8 Å². The van der Waals surface area contributed by atoms with Crippen LogP contribution in [-0.4, -0.2) is 36.9 Å². The van der Waals surface area contributed by atoms with Crippen molar-refractivity contribution in [1.82, 2.24) is 24.5 Å². The molecule has 4 aromatic rings. The largest absolute Gasteiger partial charge is 0.332 e. The van der Waals surface area contributed by atoms with Gasteiger partial charge < -0.3 is 4.90 Å². The molecule has 0 saturated heterocycles. The Labute approximate surface area is 176 Å². The SMILES string of the molecule is Cc1ccc(C(=O)N2CCc3c(nc4cc(-c5ccccc5Cl)[nH]n4c3=O)C2)cn1. The first-order valence-corrected chi connectivity index (χ1v) is 9.99. The number of carbonyl (C=O) groups is 1. The summed E-state index contributed by atoms with van der Waals surface area (Å²) in [6, 6.07) is 12.8. The molecule has 1 N–H and O–H groups in total. The van der Waals surface area contributed by atoms with E-state index in [4.69, 9.17) is 11.6 Å². The van der Waals surface area contributed by atoms with E-state index in [9.17, 15) is 9.59 Å². The topological polar surface area (TPSA) is 83.4 Å². The summed E-state index contributed by atoms with van der Waals surface area (Å²) in [5, 5.41) is 3.69. The summed E-state index contributed by atoms with van der Waals surface area (Å²) < 4.78 is 1.44. The zero-order valence-corrected chi connectivity index (χ0v) is 17.0. The Morgan fingerprint density at radius 1 is 1.20 bits per heavy atom. The second-order valence-electron chi connectivity index (χ2n) is 7.35. The van der Waals surface area contributed by atoms with Crippen molar-refractivity contribution in [2.75, 3.05) is 6.54 Å². The molecule has 8 heteroatoms. The molecule has 150 valence electrons. The van der Waals surface area contributed by atoms with Gasteiger partial charge in [0.15, 0.2) is 5.65 Å². The second-order valence-corrected chi connectivity index (χ2v) is 7.76. The molecule has 5 rings (SSSR count). The first-order valence-electron chi connectivity index (χ1n) is 9.61. The standard InChI is InChI=1S/C22H18ClN5O2/c1-13-6-7-14(11-24-13)21(29)27-9-8-16-19(12-27)25-20-10-18(26-28(20)22(16)30)15-4-2-3-5-17(15)23/h2-7,10-11,26H,8-9,12H2,1H3. The van der Waals surface area contributed by atoms with Crippen LogP contribution in [0.15, 0.2) is 53.5 Å². The number of H-pyrrole nitrogens is 1. The lowest BCUT2D eigenvalue weighted by Crippen LogP contribution is -2.39. The number of nitrogens with zero attached hydrogens (tertiary/aromatic N) is 4. The molecule has 0 saturated carbocycles. The molecule has 1 aliphatic rings. The van der Waals surface area contributed by atoms with E-state index >= 15 is 0 Å². The Hall–Kier alpha value is -3.45. The molecular formula is C22H18ClN5O2. The van der Waals surface area contributed by atoms with Crippen LogP contribution in [0.1, 0.15) is 27.3 Å². The highest BCUT2D eigenvalue weighted by Gasteiger charge is 2.26. The minimum atomic E-state index is -0.141. The van der Waals surface area contributed by atoms with Crippen LogP contribution in [0.25, 0.3) is 16.9 Å². The minimum Gasteiger partial charge on any atom is -0.332 e. The first-order chi connectivity index (χ1) is 14.5. The third-order valence-corrected chi connectivity index (χ3v) is 5.71. The van der Waals surface area contributed by atoms with Gasteiger partial charge in [-0.3, -0.25) is 19.7 Å². The van der Waals surface area contributed by atoms with E-state index in [1.165, 1.54) is 4.52 Å². The summed E-state index contributed by atoms with van der Waals surface area (Å²) >= 11 is 6.30. The van der Waals surface area contributed by atoms with E-state index in [2.05, 4.69) is 15.1 Å². The van der Waals surface area contributed by atoms with E-state index in [0.717, 1.165) is 11.3 Å². The maximum Gasteiger partial charge on any atom is 0.276 e. The monoisotopic (exact) mass is 419 g/mol. The Bertz CT molecular complexity index is 1340. The van der Waals surface area contributed by atoms with E-state index in [0.29, 0.717) is 52.7 Å². The average Bonchev–Trinajstić information content (AvgIpc) is 3.18. The third-order valence-electron chi connectivity index (χ3n) is 5.38. The van der Waals surface area contributed by atoms with Crippen LogP contribution in [0, 0.1) is 6.92 Å². The Morgan fingerprint density at radius 2 is 2.03 bits per heavy atom. The normalized spacial score (nSPS) is 13.5. The van der Waals surface area contributed by atoms with Crippen molar-refractivity contribution < 1.29 is 4.79 Å². The number of pyridine rings is 1. The molecule has 0 fully saturated rings. The first kappa shape index (κ1) is 18.6. The second kappa shape index (κ2) is 7.11. The molecule has 0 spiro atoms. The van der Waals surface area contributed by atoms with Crippen molar-refractivity contribution in [3.8, 4) is 11.3 Å². The number of amides is 1. The number of hydrogen-bond donors (Lipinski definition) is 1. The van der Waals surface area contributed by atoms with E-state index in [-0.39, 0.29) is 11.5 Å². The van der Waals surface area contributed by atoms with Gasteiger partial charge in [-0.15, -0.1) is 0 Å². The fourth-order valence-electron chi connectivity index (χ4n) is 3.76. The highest BCUT2D eigenvalue weighted by molar-refractivity contribution is 6.33. The number of benzene rings is 1. The van der Waals surface area contributed by atoms with Crippen LogP contribution in [0.2, 0.25) is 5.02 Å². The van der Waals surface area contributed by atoms with E-state index in [1.54, 1.807) is 29.3 Å². The molecule has 0 radical (unpaired) electrons. The zero-order chi connectivity index (χ0) is 20.8. The van der Waals surface area contributed by atoms with Gasteiger partial charge in [-0.2, -0.15) is 0 Å². The average molecular weight is 420 g/mol. The number of aromatic nitrogens is 4. The van der Waals surface area contributed by atoms with Crippen LogP contribution in [0.3, 0.4) is 0 Å². The van der Waals surface area contributed by atoms with Gasteiger partial charge in [0.05, 0.1) is 23.5 Å². The lowest BCUT2D eigenvalue weighted by molar-refractivity contribution is 0.0731. The van der Waals surface area contributed by atoms with Gasteiger partial charge in [0.1, 0.15) is 0 Å². The summed E-state index contributed by atoms with van der Waals surface area (Å²) in [4.78, 5) is 36.5. The quantitative estimate of drug-likeness (QED) is 0.540. The van der Waals surface area contributed by atoms with Crippen molar-refractivity contribution in [3.05, 3.63) is 86.6 Å². The van der Waals surface area contributed by atoms with Crippen molar-refractivity contribution in [2.24, 2.45) is 0 Å². The molecule has 3 aromatic heterocycles. The summed E-state index contributed by atoms with van der Waals surface area (Å²) in [5.41, 5.74) is 4.52. The smallest absolute Gasteiger partial charge is 0.276 e. The van der Waals surface area contributed by atoms with Gasteiger partial charge in [0.2, 0.25) is 0 Å². The number of hydrogen-bond acceptors (Lipinski definition) is 4. The number of nitrogens with one attached hydrogen (secondary N) is 1. The van der Waals surface area contributed by atoms with Gasteiger partial charge >= 0.3 is 0 Å². The third kappa shape index (κ3) is 3.07. The fourth-order valence-corrected chi connectivity index (χ4v) is 4.00. The van der Waals surface area contributed by atoms with Crippen molar-refractivity contribution in [3.63, 3.8) is 0 Å². The fraction of sp³-hybridized carbons (Fsp3) is 0.182. The molecule has 4 heterocycles. The molecule has 0 unspecified atom stereocenters. The predicted molar refractivity (Wildman–Crippen MR) is 114 cm³/mol. The van der Waals surface area contributed by atoms with Gasteiger partial charge in [-0.25, -0.2) is 9.50 Å². The molecule has 7 nitrogen and oxygen atoms in total. The van der Waals surface area contributed by atoms with Crippen LogP contribution in [0.4, 0.5) is 0 Å². The molecule has 0 bridgehead atoms. The zero-order valence-electron chi connectivity index (χ0n) is 16.2. The molecule has 1 aliphatic heterocycles. The Balaban J connectivity index is 1.52. The lowest BCUT2D eigenvalue weighted by Gasteiger charge is -2.27. The van der Waals surface area contributed by atoms with E-state index < -0.39 is 0 Å². The van der Waals surface area contributed by atoms with Crippen LogP contribution in [0.5, 0.6) is 0 Å². The number of rotatable bonds is 2. The molecule has 1 aromatic carbocycles. The van der Waals surface area contributed by atoms with Crippen LogP contribution < -0.4 is 5.56 Å². The number of aryl methyl sites for hydroxylation is 1. The molecule has 1 amide bonds. The summed E-state index contributed by atoms with van der Waals surface area (Å²) in [6.45, 7) is 2.63. The molecule has 0 aliphatic carbocycles. The summed E-state index contributed by atoms with van der Waals surface area (Å²) in [7, 11) is 0. The Morgan fingerprint density at radius 3 is 2.80 bits per heavy atom. The van der Waals surface area contributed by atoms with Crippen molar-refractivity contribution in [2.45, 2.75) is 19.9 Å². The number of aromatic amines is 1. The highest BCUT2D eigenvalue weighted by atomic mass is 35.5. The number of fused-ring (bicyclic) bond motifs is 2. The van der Waals surface area contributed by atoms with Crippen molar-refractivity contribution in [1.29, 1.82) is 0 Å². The summed E-state index contributed by atoms with van der Waals surface area (Å²) in [6.07, 6.45) is 2.04. The van der Waals surface area contributed by atoms with Crippen LogP contribution >= 0.6 is 11.6 Å². The van der Waals surface area contributed by atoms with Crippen LogP contribution in [-0.2, 0) is 13.0 Å².